The third kappa shape index (κ3) is 4.48. The van der Waals surface area contributed by atoms with E-state index in [0.717, 1.165) is 16.6 Å². The number of hydrogen-bond donors (Lipinski definition) is 0. The van der Waals surface area contributed by atoms with Crippen molar-refractivity contribution < 1.29 is 19.0 Å². The van der Waals surface area contributed by atoms with Gasteiger partial charge in [-0.25, -0.2) is 14.2 Å². The molecular weight excluding hydrogens is 579 g/mol. The Morgan fingerprint density at radius 1 is 1.14 bits per heavy atom. The summed E-state index contributed by atoms with van der Waals surface area (Å²) in [6.45, 7) is 2.24. The predicted molar refractivity (Wildman–Crippen MR) is 144 cm³/mol. The van der Waals surface area contributed by atoms with Crippen molar-refractivity contribution in [3.05, 3.63) is 90.2 Å². The predicted octanol–water partition coefficient (Wildman–Crippen LogP) is 4.69. The fourth-order valence-corrected chi connectivity index (χ4v) is 5.40. The molecule has 0 N–H and O–H groups in total. The number of esters is 1. The molecular formula is C26H19IN2O5S. The number of nitrogens with zero attached hydrogens (tertiary/aromatic N) is 2. The van der Waals surface area contributed by atoms with Crippen LogP contribution in [-0.4, -0.2) is 29.1 Å². The quantitative estimate of drug-likeness (QED) is 0.161. The number of aromatic nitrogens is 2. The van der Waals surface area contributed by atoms with Crippen LogP contribution in [0.1, 0.15) is 22.8 Å². The minimum Gasteiger partial charge on any atom is -0.497 e. The normalized spacial score (nSPS) is 11.8. The lowest BCUT2D eigenvalue weighted by Gasteiger charge is -2.13. The molecule has 0 spiro atoms. The minimum absolute atomic E-state index is 0.123. The molecule has 9 heteroatoms. The Labute approximate surface area is 217 Å². The minimum atomic E-state index is -0.503. The van der Waals surface area contributed by atoms with Crippen molar-refractivity contribution in [2.24, 2.45) is 0 Å². The second-order valence-corrected chi connectivity index (χ2v) is 9.69. The summed E-state index contributed by atoms with van der Waals surface area (Å²) in [6, 6.07) is 17.9. The first-order valence-electron chi connectivity index (χ1n) is 10.7. The van der Waals surface area contributed by atoms with Gasteiger partial charge in [-0.1, -0.05) is 23.5 Å². The SMILES string of the molecule is CCOc1cc(/C=c2\sc3nc4ccccc4n3c2=O)cc(I)c1OC(=O)c1ccc(OC)cc1. The molecule has 176 valence electrons. The highest BCUT2D eigenvalue weighted by molar-refractivity contribution is 14.1. The Morgan fingerprint density at radius 3 is 2.66 bits per heavy atom. The van der Waals surface area contributed by atoms with E-state index >= 15 is 0 Å². The number of methoxy groups -OCH3 is 1. The van der Waals surface area contributed by atoms with Crippen molar-refractivity contribution in [1.82, 2.24) is 9.38 Å². The lowest BCUT2D eigenvalue weighted by molar-refractivity contribution is 0.0727. The summed E-state index contributed by atoms with van der Waals surface area (Å²) in [4.78, 5) is 31.1. The van der Waals surface area contributed by atoms with Crippen LogP contribution in [-0.2, 0) is 0 Å². The van der Waals surface area contributed by atoms with Crippen molar-refractivity contribution >= 4 is 62.0 Å². The van der Waals surface area contributed by atoms with E-state index in [0.29, 0.717) is 42.5 Å². The summed E-state index contributed by atoms with van der Waals surface area (Å²) in [5.41, 5.74) is 2.60. The number of benzene rings is 3. The fourth-order valence-electron chi connectivity index (χ4n) is 3.68. The van der Waals surface area contributed by atoms with Gasteiger partial charge in [-0.2, -0.15) is 0 Å². The number of ether oxygens (including phenoxy) is 3. The number of imidazole rings is 1. The number of carbonyl (C=O) groups is 1. The van der Waals surface area contributed by atoms with Gasteiger partial charge in [-0.15, -0.1) is 0 Å². The lowest BCUT2D eigenvalue weighted by atomic mass is 10.2. The third-order valence-corrected chi connectivity index (χ3v) is 7.07. The molecule has 0 saturated carbocycles. The molecule has 7 nitrogen and oxygen atoms in total. The van der Waals surface area contributed by atoms with E-state index in [1.54, 1.807) is 47.9 Å². The van der Waals surface area contributed by atoms with E-state index in [-0.39, 0.29) is 5.56 Å². The largest absolute Gasteiger partial charge is 0.497 e. The summed E-state index contributed by atoms with van der Waals surface area (Å²) in [5, 5.41) is 0. The maximum absolute atomic E-state index is 13.1. The summed E-state index contributed by atoms with van der Waals surface area (Å²) in [5.74, 6) is 0.903. The monoisotopic (exact) mass is 598 g/mol. The number of rotatable bonds is 6. The average molecular weight is 598 g/mol. The molecule has 0 bridgehead atoms. The molecule has 5 aromatic rings. The molecule has 0 aliphatic carbocycles. The molecule has 0 saturated heterocycles. The van der Waals surface area contributed by atoms with Crippen LogP contribution in [0.4, 0.5) is 0 Å². The zero-order valence-corrected chi connectivity index (χ0v) is 21.8. The van der Waals surface area contributed by atoms with Gasteiger partial charge in [0, 0.05) is 0 Å². The number of para-hydroxylation sites is 2. The maximum atomic E-state index is 13.1. The Hall–Kier alpha value is -3.44. The van der Waals surface area contributed by atoms with E-state index < -0.39 is 5.97 Å². The lowest BCUT2D eigenvalue weighted by Crippen LogP contribution is -2.22. The summed E-state index contributed by atoms with van der Waals surface area (Å²) in [7, 11) is 1.56. The smallest absolute Gasteiger partial charge is 0.343 e. The second kappa shape index (κ2) is 9.67. The van der Waals surface area contributed by atoms with Crippen LogP contribution in [0.5, 0.6) is 17.2 Å². The van der Waals surface area contributed by atoms with Gasteiger partial charge in [0.15, 0.2) is 16.5 Å². The van der Waals surface area contributed by atoms with Crippen molar-refractivity contribution in [2.45, 2.75) is 6.92 Å². The van der Waals surface area contributed by atoms with Gasteiger partial charge >= 0.3 is 5.97 Å². The Kier molecular flexibility index (Phi) is 6.44. The fraction of sp³-hybridized carbons (Fsp3) is 0.115. The molecule has 0 unspecified atom stereocenters. The van der Waals surface area contributed by atoms with Gasteiger partial charge in [0.05, 0.1) is 38.4 Å². The van der Waals surface area contributed by atoms with Gasteiger partial charge in [-0.05, 0) is 89.7 Å². The molecule has 0 aliphatic rings. The molecule has 3 aromatic carbocycles. The Morgan fingerprint density at radius 2 is 1.91 bits per heavy atom. The zero-order valence-electron chi connectivity index (χ0n) is 18.8. The second-order valence-electron chi connectivity index (χ2n) is 7.52. The summed E-state index contributed by atoms with van der Waals surface area (Å²) in [6.07, 6.45) is 1.80. The highest BCUT2D eigenvalue weighted by Crippen LogP contribution is 2.35. The van der Waals surface area contributed by atoms with Crippen LogP contribution in [0.2, 0.25) is 0 Å². The molecule has 0 atom stereocenters. The third-order valence-electron chi connectivity index (χ3n) is 5.30. The highest BCUT2D eigenvalue weighted by atomic mass is 127. The number of carbonyl (C=O) groups excluding carboxylic acids is 1. The van der Waals surface area contributed by atoms with Crippen LogP contribution in [0.3, 0.4) is 0 Å². The highest BCUT2D eigenvalue weighted by Gasteiger charge is 2.18. The van der Waals surface area contributed by atoms with Gasteiger partial charge in [0.25, 0.3) is 5.56 Å². The zero-order chi connectivity index (χ0) is 24.5. The summed E-state index contributed by atoms with van der Waals surface area (Å²) >= 11 is 3.43. The molecule has 5 rings (SSSR count). The molecule has 2 heterocycles. The molecule has 0 amide bonds. The van der Waals surface area contributed by atoms with E-state index in [9.17, 15) is 9.59 Å². The molecule has 0 radical (unpaired) electrons. The van der Waals surface area contributed by atoms with E-state index in [4.69, 9.17) is 14.2 Å². The molecule has 35 heavy (non-hydrogen) atoms. The topological polar surface area (TPSA) is 79.1 Å². The first-order chi connectivity index (χ1) is 17.0. The molecule has 0 fully saturated rings. The molecule has 2 aromatic heterocycles. The van der Waals surface area contributed by atoms with Gasteiger partial charge in [0.2, 0.25) is 0 Å². The standard InChI is InChI=1S/C26H19IN2O5S/c1-3-33-21-13-15(12-18(27)23(21)34-25(31)16-8-10-17(32-2)11-9-16)14-22-24(30)29-20-7-5-4-6-19(20)28-26(29)35-22/h4-14H,3H2,1-2H3/b22-14-. The Bertz CT molecular complexity index is 1670. The average Bonchev–Trinajstić information content (AvgIpc) is 3.37. The van der Waals surface area contributed by atoms with Crippen LogP contribution < -0.4 is 24.3 Å². The van der Waals surface area contributed by atoms with Crippen molar-refractivity contribution in [3.8, 4) is 17.2 Å². The van der Waals surface area contributed by atoms with E-state index in [1.807, 2.05) is 37.3 Å². The first kappa shape index (κ1) is 23.3. The van der Waals surface area contributed by atoms with Crippen LogP contribution in [0.25, 0.3) is 22.1 Å². The number of halogens is 1. The van der Waals surface area contributed by atoms with Crippen LogP contribution >= 0.6 is 33.9 Å². The number of thiazole rings is 1. The van der Waals surface area contributed by atoms with Crippen molar-refractivity contribution in [2.75, 3.05) is 13.7 Å². The van der Waals surface area contributed by atoms with Gasteiger partial charge in [-0.3, -0.25) is 4.79 Å². The number of fused-ring (bicyclic) bond motifs is 3. The van der Waals surface area contributed by atoms with Crippen LogP contribution in [0.15, 0.2) is 65.5 Å². The Balaban J connectivity index is 1.52. The van der Waals surface area contributed by atoms with Crippen molar-refractivity contribution in [1.29, 1.82) is 0 Å². The van der Waals surface area contributed by atoms with Gasteiger partial charge in [0.1, 0.15) is 5.75 Å². The number of hydrogen-bond acceptors (Lipinski definition) is 7. The van der Waals surface area contributed by atoms with Crippen molar-refractivity contribution in [3.63, 3.8) is 0 Å². The van der Waals surface area contributed by atoms with Crippen LogP contribution in [0, 0.1) is 3.57 Å². The first-order valence-corrected chi connectivity index (χ1v) is 12.6. The van der Waals surface area contributed by atoms with E-state index in [2.05, 4.69) is 27.6 Å². The summed E-state index contributed by atoms with van der Waals surface area (Å²) < 4.78 is 19.5. The molecule has 0 aliphatic heterocycles. The van der Waals surface area contributed by atoms with Gasteiger partial charge < -0.3 is 14.2 Å². The van der Waals surface area contributed by atoms with E-state index in [1.165, 1.54) is 11.3 Å². The maximum Gasteiger partial charge on any atom is 0.343 e.